The van der Waals surface area contributed by atoms with Gasteiger partial charge in [0.2, 0.25) is 10.0 Å². The average molecular weight is 359 g/mol. The van der Waals surface area contributed by atoms with E-state index in [1.54, 1.807) is 0 Å². The van der Waals surface area contributed by atoms with Crippen molar-refractivity contribution in [3.05, 3.63) is 29.8 Å². The normalized spacial score (nSPS) is 22.9. The van der Waals surface area contributed by atoms with E-state index in [1.807, 2.05) is 6.92 Å². The highest BCUT2D eigenvalue weighted by Gasteiger charge is 2.31. The van der Waals surface area contributed by atoms with Gasteiger partial charge in [-0.1, -0.05) is 0 Å². The van der Waals surface area contributed by atoms with Crippen molar-refractivity contribution in [1.29, 1.82) is 0 Å². The molecule has 0 bridgehead atoms. The van der Waals surface area contributed by atoms with E-state index in [0.717, 1.165) is 37.2 Å². The Kier molecular flexibility index (Phi) is 6.26. The molecule has 1 aromatic carbocycles. The molecule has 1 fully saturated rings. The van der Waals surface area contributed by atoms with Crippen molar-refractivity contribution >= 4 is 22.4 Å². The summed E-state index contributed by atoms with van der Waals surface area (Å²) in [4.78, 5) is -0.159. The van der Waals surface area contributed by atoms with Crippen LogP contribution in [0.3, 0.4) is 0 Å². The Balaban J connectivity index is 0.00000242. The molecule has 126 valence electrons. The number of hydrogen-bond donors (Lipinski definition) is 2. The highest BCUT2D eigenvalue weighted by molar-refractivity contribution is 7.89. The molecule has 0 saturated carbocycles. The van der Waals surface area contributed by atoms with Crippen molar-refractivity contribution < 1.29 is 21.6 Å². The van der Waals surface area contributed by atoms with Gasteiger partial charge in [0, 0.05) is 12.1 Å². The topological polar surface area (TPSA) is 58.2 Å². The smallest absolute Gasteiger partial charge is 0.313 e. The van der Waals surface area contributed by atoms with Crippen molar-refractivity contribution in [2.45, 2.75) is 42.9 Å². The quantitative estimate of drug-likeness (QED) is 0.873. The third kappa shape index (κ3) is 4.58. The van der Waals surface area contributed by atoms with Crippen molar-refractivity contribution in [3.63, 3.8) is 0 Å². The molecule has 2 unspecified atom stereocenters. The predicted molar refractivity (Wildman–Crippen MR) is 79.5 cm³/mol. The van der Waals surface area contributed by atoms with E-state index in [-0.39, 0.29) is 29.4 Å². The van der Waals surface area contributed by atoms with E-state index in [1.165, 1.54) is 0 Å². The number of rotatable bonds is 3. The maximum Gasteiger partial charge on any atom is 0.416 e. The molecular formula is C13H18ClF3N2O2S. The van der Waals surface area contributed by atoms with Gasteiger partial charge in [0.05, 0.1) is 10.5 Å². The molecule has 0 spiro atoms. The first kappa shape index (κ1) is 19.2. The maximum atomic E-state index is 12.5. The minimum absolute atomic E-state index is 0. The molecule has 1 saturated heterocycles. The zero-order valence-corrected chi connectivity index (χ0v) is 13.5. The van der Waals surface area contributed by atoms with Crippen LogP contribution in [0, 0.1) is 0 Å². The molecule has 9 heteroatoms. The summed E-state index contributed by atoms with van der Waals surface area (Å²) in [6.07, 6.45) is -2.92. The van der Waals surface area contributed by atoms with E-state index >= 15 is 0 Å². The van der Waals surface area contributed by atoms with Gasteiger partial charge in [-0.3, -0.25) is 0 Å². The SMILES string of the molecule is CC1NCCCC1NS(=O)(=O)c1ccc(C(F)(F)F)cc1.Cl. The van der Waals surface area contributed by atoms with Crippen LogP contribution in [0.15, 0.2) is 29.2 Å². The van der Waals surface area contributed by atoms with E-state index < -0.39 is 21.8 Å². The van der Waals surface area contributed by atoms with Crippen LogP contribution < -0.4 is 10.0 Å². The van der Waals surface area contributed by atoms with Crippen molar-refractivity contribution in [2.24, 2.45) is 0 Å². The number of piperidine rings is 1. The Bertz CT molecular complexity index is 590. The van der Waals surface area contributed by atoms with Gasteiger partial charge in [0.1, 0.15) is 0 Å². The van der Waals surface area contributed by atoms with Gasteiger partial charge in [-0.2, -0.15) is 13.2 Å². The molecule has 22 heavy (non-hydrogen) atoms. The lowest BCUT2D eigenvalue weighted by Gasteiger charge is -2.30. The van der Waals surface area contributed by atoms with Gasteiger partial charge in [0.15, 0.2) is 0 Å². The fourth-order valence-electron chi connectivity index (χ4n) is 2.30. The van der Waals surface area contributed by atoms with Crippen molar-refractivity contribution in [1.82, 2.24) is 10.0 Å². The maximum absolute atomic E-state index is 12.5. The third-order valence-corrected chi connectivity index (χ3v) is 5.07. The van der Waals surface area contributed by atoms with Gasteiger partial charge in [-0.25, -0.2) is 13.1 Å². The van der Waals surface area contributed by atoms with Crippen molar-refractivity contribution in [2.75, 3.05) is 6.54 Å². The lowest BCUT2D eigenvalue weighted by Crippen LogP contribution is -2.51. The minimum atomic E-state index is -4.47. The monoisotopic (exact) mass is 358 g/mol. The number of sulfonamides is 1. The standard InChI is InChI=1S/C13H17F3N2O2S.ClH/c1-9-12(3-2-8-17-9)18-21(19,20)11-6-4-10(5-7-11)13(14,15)16;/h4-7,9,12,17-18H,2-3,8H2,1H3;1H. The first-order valence-corrected chi connectivity index (χ1v) is 8.11. The summed E-state index contributed by atoms with van der Waals surface area (Å²) >= 11 is 0. The predicted octanol–water partition coefficient (Wildman–Crippen LogP) is 2.55. The van der Waals surface area contributed by atoms with Crippen LogP contribution in [0.4, 0.5) is 13.2 Å². The zero-order valence-electron chi connectivity index (χ0n) is 11.9. The van der Waals surface area contributed by atoms with Gasteiger partial charge in [-0.05, 0) is 50.6 Å². The number of nitrogens with one attached hydrogen (secondary N) is 2. The molecule has 0 aliphatic carbocycles. The molecule has 4 nitrogen and oxygen atoms in total. The summed E-state index contributed by atoms with van der Waals surface area (Å²) in [5.41, 5.74) is -0.867. The summed E-state index contributed by atoms with van der Waals surface area (Å²) in [6, 6.07) is 3.24. The number of alkyl halides is 3. The first-order valence-electron chi connectivity index (χ1n) is 6.63. The molecule has 2 atom stereocenters. The van der Waals surface area contributed by atoms with Gasteiger partial charge >= 0.3 is 6.18 Å². The number of hydrogen-bond acceptors (Lipinski definition) is 3. The molecule has 0 radical (unpaired) electrons. The van der Waals surface area contributed by atoms with Crippen LogP contribution in [0.1, 0.15) is 25.3 Å². The second-order valence-electron chi connectivity index (χ2n) is 5.13. The largest absolute Gasteiger partial charge is 0.416 e. The summed E-state index contributed by atoms with van der Waals surface area (Å²) in [6.45, 7) is 2.71. The summed E-state index contributed by atoms with van der Waals surface area (Å²) in [7, 11) is -3.81. The van der Waals surface area contributed by atoms with Crippen LogP contribution in [-0.4, -0.2) is 27.0 Å². The molecule has 1 aromatic rings. The lowest BCUT2D eigenvalue weighted by atomic mass is 10.0. The van der Waals surface area contributed by atoms with Crippen molar-refractivity contribution in [3.8, 4) is 0 Å². The Hall–Kier alpha value is -0.830. The summed E-state index contributed by atoms with van der Waals surface area (Å²) in [5, 5.41) is 3.16. The zero-order chi connectivity index (χ0) is 15.7. The lowest BCUT2D eigenvalue weighted by molar-refractivity contribution is -0.137. The highest BCUT2D eigenvalue weighted by Crippen LogP contribution is 2.29. The number of benzene rings is 1. The Morgan fingerprint density at radius 1 is 1.23 bits per heavy atom. The fourth-order valence-corrected chi connectivity index (χ4v) is 3.65. The Morgan fingerprint density at radius 3 is 2.32 bits per heavy atom. The average Bonchev–Trinajstić information content (AvgIpc) is 2.40. The second-order valence-corrected chi connectivity index (χ2v) is 6.85. The van der Waals surface area contributed by atoms with E-state index in [4.69, 9.17) is 0 Å². The number of halogens is 4. The third-order valence-electron chi connectivity index (χ3n) is 3.56. The second kappa shape index (κ2) is 7.16. The van der Waals surface area contributed by atoms with E-state index in [9.17, 15) is 21.6 Å². The van der Waals surface area contributed by atoms with E-state index in [2.05, 4.69) is 10.0 Å². The molecule has 0 aromatic heterocycles. The Morgan fingerprint density at radius 2 is 1.82 bits per heavy atom. The van der Waals surface area contributed by atoms with Crippen LogP contribution in [0.25, 0.3) is 0 Å². The van der Waals surface area contributed by atoms with Gasteiger partial charge < -0.3 is 5.32 Å². The minimum Gasteiger partial charge on any atom is -0.313 e. The molecule has 1 aliphatic heterocycles. The summed E-state index contributed by atoms with van der Waals surface area (Å²) < 4.78 is 64.3. The Labute approximate surface area is 133 Å². The summed E-state index contributed by atoms with van der Waals surface area (Å²) in [5.74, 6) is 0. The van der Waals surface area contributed by atoms with Gasteiger partial charge in [-0.15, -0.1) is 12.4 Å². The van der Waals surface area contributed by atoms with E-state index in [0.29, 0.717) is 6.42 Å². The molecule has 1 heterocycles. The molecule has 1 aliphatic rings. The fraction of sp³-hybridized carbons (Fsp3) is 0.538. The van der Waals surface area contributed by atoms with Crippen LogP contribution >= 0.6 is 12.4 Å². The van der Waals surface area contributed by atoms with Crippen LogP contribution in [-0.2, 0) is 16.2 Å². The molecule has 2 N–H and O–H groups in total. The highest BCUT2D eigenvalue weighted by atomic mass is 35.5. The first-order chi connectivity index (χ1) is 9.70. The molecule has 2 rings (SSSR count). The molecular weight excluding hydrogens is 341 g/mol. The molecule has 0 amide bonds. The van der Waals surface area contributed by atoms with Gasteiger partial charge in [0.25, 0.3) is 0 Å². The van der Waals surface area contributed by atoms with Crippen LogP contribution in [0.2, 0.25) is 0 Å². The van der Waals surface area contributed by atoms with Crippen LogP contribution in [0.5, 0.6) is 0 Å².